The quantitative estimate of drug-likeness (QED) is 0.603. The molecule has 0 spiro atoms. The second kappa shape index (κ2) is 8.89. The second-order valence-electron chi connectivity index (χ2n) is 6.11. The monoisotopic (exact) mass is 364 g/mol. The van der Waals surface area contributed by atoms with Crippen LogP contribution >= 0.6 is 0 Å². The van der Waals surface area contributed by atoms with Gasteiger partial charge in [0.1, 0.15) is 18.0 Å². The predicted molar refractivity (Wildman–Crippen MR) is 104 cm³/mol. The number of nitrogens with one attached hydrogen (secondary N) is 2. The van der Waals surface area contributed by atoms with Crippen LogP contribution in [-0.4, -0.2) is 22.4 Å². The number of hydrogen-bond acceptors (Lipinski definition) is 4. The van der Waals surface area contributed by atoms with Crippen LogP contribution in [0.4, 0.5) is 15.9 Å². The van der Waals surface area contributed by atoms with Gasteiger partial charge in [-0.15, -0.1) is 0 Å². The molecular formula is C21H21FN4O. The van der Waals surface area contributed by atoms with E-state index in [9.17, 15) is 9.18 Å². The molecule has 1 heterocycles. The fourth-order valence-electron chi connectivity index (χ4n) is 2.54. The molecule has 0 saturated heterocycles. The van der Waals surface area contributed by atoms with Crippen LogP contribution in [0.3, 0.4) is 0 Å². The van der Waals surface area contributed by atoms with E-state index in [4.69, 9.17) is 0 Å². The van der Waals surface area contributed by atoms with Crippen molar-refractivity contribution in [3.63, 3.8) is 0 Å². The van der Waals surface area contributed by atoms with Gasteiger partial charge in [0.05, 0.1) is 5.69 Å². The maximum Gasteiger partial charge on any atom is 0.251 e. The molecule has 0 unspecified atom stereocenters. The minimum Gasteiger partial charge on any atom is -0.352 e. The van der Waals surface area contributed by atoms with Crippen LogP contribution in [0.25, 0.3) is 11.3 Å². The Bertz CT molecular complexity index is 895. The zero-order valence-corrected chi connectivity index (χ0v) is 15.1. The van der Waals surface area contributed by atoms with Crippen LogP contribution in [-0.2, 0) is 0 Å². The van der Waals surface area contributed by atoms with E-state index >= 15 is 0 Å². The van der Waals surface area contributed by atoms with Crippen LogP contribution in [0, 0.1) is 5.82 Å². The molecule has 27 heavy (non-hydrogen) atoms. The summed E-state index contributed by atoms with van der Waals surface area (Å²) in [7, 11) is 0. The minimum atomic E-state index is -0.287. The van der Waals surface area contributed by atoms with Crippen LogP contribution in [0.1, 0.15) is 30.1 Å². The van der Waals surface area contributed by atoms with Crippen molar-refractivity contribution in [1.29, 1.82) is 0 Å². The third-order valence-corrected chi connectivity index (χ3v) is 4.04. The third kappa shape index (κ3) is 5.10. The molecule has 5 nitrogen and oxygen atoms in total. The lowest BCUT2D eigenvalue weighted by atomic mass is 10.1. The van der Waals surface area contributed by atoms with Gasteiger partial charge in [0.2, 0.25) is 0 Å². The second-order valence-corrected chi connectivity index (χ2v) is 6.11. The lowest BCUT2D eigenvalue weighted by Gasteiger charge is -2.09. The highest BCUT2D eigenvalue weighted by Gasteiger charge is 2.06. The molecule has 3 aromatic rings. The Balaban J connectivity index is 1.67. The van der Waals surface area contributed by atoms with Crippen molar-refractivity contribution in [2.45, 2.75) is 19.8 Å². The van der Waals surface area contributed by atoms with Crippen molar-refractivity contribution >= 4 is 17.4 Å². The molecule has 0 aliphatic carbocycles. The van der Waals surface area contributed by atoms with Gasteiger partial charge in [-0.3, -0.25) is 4.79 Å². The zero-order chi connectivity index (χ0) is 19.1. The van der Waals surface area contributed by atoms with Crippen LogP contribution in [0.2, 0.25) is 0 Å². The fraction of sp³-hybridized carbons (Fsp3) is 0.190. The topological polar surface area (TPSA) is 66.9 Å². The molecule has 0 saturated carbocycles. The summed E-state index contributed by atoms with van der Waals surface area (Å²) in [6.07, 6.45) is 3.47. The number of benzene rings is 2. The predicted octanol–water partition coefficient (Wildman–Crippen LogP) is 4.56. The summed E-state index contributed by atoms with van der Waals surface area (Å²) >= 11 is 0. The molecule has 3 rings (SSSR count). The molecule has 1 aromatic heterocycles. The van der Waals surface area contributed by atoms with Crippen LogP contribution in [0.15, 0.2) is 60.9 Å². The molecule has 0 aliphatic heterocycles. The number of nitrogens with zero attached hydrogens (tertiary/aromatic N) is 2. The average molecular weight is 364 g/mol. The molecule has 0 aliphatic rings. The molecule has 6 heteroatoms. The number of carbonyl (C=O) groups is 1. The van der Waals surface area contributed by atoms with E-state index in [0.717, 1.165) is 24.1 Å². The Labute approximate surface area is 157 Å². The number of carbonyl (C=O) groups excluding carboxylic acids is 1. The largest absolute Gasteiger partial charge is 0.352 e. The highest BCUT2D eigenvalue weighted by Crippen LogP contribution is 2.21. The fourth-order valence-corrected chi connectivity index (χ4v) is 2.54. The van der Waals surface area contributed by atoms with Gasteiger partial charge in [-0.05, 0) is 55.0 Å². The highest BCUT2D eigenvalue weighted by molar-refractivity contribution is 5.94. The van der Waals surface area contributed by atoms with Crippen molar-refractivity contribution in [3.8, 4) is 11.3 Å². The van der Waals surface area contributed by atoms with E-state index < -0.39 is 0 Å². The van der Waals surface area contributed by atoms with Gasteiger partial charge in [0.25, 0.3) is 5.91 Å². The number of amides is 1. The summed E-state index contributed by atoms with van der Waals surface area (Å²) in [6, 6.07) is 15.1. The lowest BCUT2D eigenvalue weighted by molar-refractivity contribution is 0.0953. The first-order valence-corrected chi connectivity index (χ1v) is 8.89. The van der Waals surface area contributed by atoms with E-state index in [1.807, 2.05) is 12.1 Å². The van der Waals surface area contributed by atoms with Crippen molar-refractivity contribution in [2.75, 3.05) is 11.9 Å². The molecule has 0 atom stereocenters. The Hall–Kier alpha value is -3.28. The maximum absolute atomic E-state index is 13.1. The van der Waals surface area contributed by atoms with Crippen molar-refractivity contribution < 1.29 is 9.18 Å². The van der Waals surface area contributed by atoms with E-state index in [1.165, 1.54) is 18.5 Å². The number of halogens is 1. The molecular weight excluding hydrogens is 343 g/mol. The summed E-state index contributed by atoms with van der Waals surface area (Å²) in [5.41, 5.74) is 2.93. The SMILES string of the molecule is CCCCNC(=O)c1ccc(Nc2cc(-c3ccc(F)cc3)ncn2)cc1. The van der Waals surface area contributed by atoms with E-state index in [-0.39, 0.29) is 11.7 Å². The first-order chi connectivity index (χ1) is 13.2. The Morgan fingerprint density at radius 3 is 2.48 bits per heavy atom. The van der Waals surface area contributed by atoms with E-state index in [2.05, 4.69) is 27.5 Å². The number of unbranched alkanes of at least 4 members (excludes halogenated alkanes) is 1. The summed E-state index contributed by atoms with van der Waals surface area (Å²) in [6.45, 7) is 2.77. The molecule has 0 bridgehead atoms. The van der Waals surface area contributed by atoms with Crippen molar-refractivity contribution in [3.05, 3.63) is 72.3 Å². The summed E-state index contributed by atoms with van der Waals surface area (Å²) < 4.78 is 13.1. The molecule has 0 fully saturated rings. The van der Waals surface area contributed by atoms with E-state index in [0.29, 0.717) is 23.6 Å². The van der Waals surface area contributed by atoms with Crippen LogP contribution < -0.4 is 10.6 Å². The summed E-state index contributed by atoms with van der Waals surface area (Å²) in [4.78, 5) is 20.5. The van der Waals surface area contributed by atoms with Crippen molar-refractivity contribution in [2.24, 2.45) is 0 Å². The van der Waals surface area contributed by atoms with Crippen molar-refractivity contribution in [1.82, 2.24) is 15.3 Å². The molecule has 138 valence electrons. The maximum atomic E-state index is 13.1. The minimum absolute atomic E-state index is 0.0735. The molecule has 2 aromatic carbocycles. The van der Waals surface area contributed by atoms with Gasteiger partial charge < -0.3 is 10.6 Å². The van der Waals surface area contributed by atoms with E-state index in [1.54, 1.807) is 30.3 Å². The van der Waals surface area contributed by atoms with Gasteiger partial charge in [0, 0.05) is 29.4 Å². The molecule has 2 N–H and O–H groups in total. The molecule has 0 radical (unpaired) electrons. The summed E-state index contributed by atoms with van der Waals surface area (Å²) in [5.74, 6) is 0.255. The van der Waals surface area contributed by atoms with Gasteiger partial charge in [0.15, 0.2) is 0 Å². The highest BCUT2D eigenvalue weighted by atomic mass is 19.1. The van der Waals surface area contributed by atoms with Crippen LogP contribution in [0.5, 0.6) is 0 Å². The smallest absolute Gasteiger partial charge is 0.251 e. The van der Waals surface area contributed by atoms with Gasteiger partial charge in [-0.2, -0.15) is 0 Å². The summed E-state index contributed by atoms with van der Waals surface area (Å²) in [5, 5.41) is 6.08. The van der Waals surface area contributed by atoms with Gasteiger partial charge >= 0.3 is 0 Å². The van der Waals surface area contributed by atoms with Gasteiger partial charge in [-0.25, -0.2) is 14.4 Å². The number of anilines is 2. The Morgan fingerprint density at radius 1 is 1.04 bits per heavy atom. The first kappa shape index (κ1) is 18.5. The first-order valence-electron chi connectivity index (χ1n) is 8.89. The normalized spacial score (nSPS) is 10.4. The number of aromatic nitrogens is 2. The average Bonchev–Trinajstić information content (AvgIpc) is 2.69. The number of hydrogen-bond donors (Lipinski definition) is 2. The number of rotatable bonds is 7. The Kier molecular flexibility index (Phi) is 6.10. The van der Waals surface area contributed by atoms with Gasteiger partial charge in [-0.1, -0.05) is 13.3 Å². The molecule has 1 amide bonds. The zero-order valence-electron chi connectivity index (χ0n) is 15.1. The lowest BCUT2D eigenvalue weighted by Crippen LogP contribution is -2.24. The standard InChI is InChI=1S/C21H21FN4O/c1-2-3-12-23-21(27)16-6-10-18(11-7-16)26-20-13-19(24-14-25-20)15-4-8-17(22)9-5-15/h4-11,13-14H,2-3,12H2,1H3,(H,23,27)(H,24,25,26). The Morgan fingerprint density at radius 2 is 1.78 bits per heavy atom. The third-order valence-electron chi connectivity index (χ3n) is 4.04.